The van der Waals surface area contributed by atoms with Crippen molar-refractivity contribution in [3.8, 4) is 0 Å². The van der Waals surface area contributed by atoms with Crippen LogP contribution in [-0.2, 0) is 21.1 Å². The van der Waals surface area contributed by atoms with E-state index in [2.05, 4.69) is 21.3 Å². The molecule has 4 rings (SSSR count). The molecule has 1 aliphatic rings. The second-order valence-electron chi connectivity index (χ2n) is 8.76. The quantitative estimate of drug-likeness (QED) is 0.357. The summed E-state index contributed by atoms with van der Waals surface area (Å²) in [5.41, 5.74) is 2.56. The molecule has 0 aromatic carbocycles. The second-order valence-corrected chi connectivity index (χ2v) is 8.76. The lowest BCUT2D eigenvalue weighted by Crippen LogP contribution is -2.25. The predicted molar refractivity (Wildman–Crippen MR) is 135 cm³/mol. The minimum absolute atomic E-state index is 0.196. The first-order valence-electron chi connectivity index (χ1n) is 11.6. The summed E-state index contributed by atoms with van der Waals surface area (Å²) in [5.74, 6) is -0.978. The van der Waals surface area contributed by atoms with Crippen LogP contribution < -0.4 is 21.3 Å². The van der Waals surface area contributed by atoms with Gasteiger partial charge in [-0.25, -0.2) is 4.79 Å². The Morgan fingerprint density at radius 3 is 1.53 bits per heavy atom. The third-order valence-electron chi connectivity index (χ3n) is 5.75. The number of urea groups is 1. The number of anilines is 3. The summed E-state index contributed by atoms with van der Waals surface area (Å²) >= 11 is 0. The molecule has 36 heavy (non-hydrogen) atoms. The summed E-state index contributed by atoms with van der Waals surface area (Å²) in [6, 6.07) is 4.58. The molecule has 3 aromatic heterocycles. The van der Waals surface area contributed by atoms with E-state index < -0.39 is 0 Å². The van der Waals surface area contributed by atoms with Gasteiger partial charge in [-0.05, 0) is 24.6 Å². The summed E-state index contributed by atoms with van der Waals surface area (Å²) in [5, 5.41) is 11.2. The number of hydrogen-bond acceptors (Lipinski definition) is 4. The lowest BCUT2D eigenvalue weighted by atomic mass is 10.3. The van der Waals surface area contributed by atoms with Gasteiger partial charge in [-0.2, -0.15) is 0 Å². The van der Waals surface area contributed by atoms with E-state index in [1.54, 1.807) is 76.5 Å². The Kier molecular flexibility index (Phi) is 6.86. The SMILES string of the molecule is CCCNC(=O)c1cc(NC(=O)c2cc(NC(=O)c3cc(NC(=O)N4CC4)cn3C)cn2C)cn1C. The van der Waals surface area contributed by atoms with Crippen LogP contribution >= 0.6 is 0 Å². The van der Waals surface area contributed by atoms with E-state index in [-0.39, 0.29) is 23.8 Å². The molecule has 1 saturated heterocycles. The number of nitrogens with one attached hydrogen (secondary N) is 4. The van der Waals surface area contributed by atoms with Gasteiger partial charge in [-0.15, -0.1) is 0 Å². The highest BCUT2D eigenvalue weighted by molar-refractivity contribution is 6.07. The van der Waals surface area contributed by atoms with Crippen molar-refractivity contribution in [1.29, 1.82) is 0 Å². The van der Waals surface area contributed by atoms with Crippen molar-refractivity contribution >= 4 is 40.8 Å². The molecule has 0 radical (unpaired) electrons. The first-order chi connectivity index (χ1) is 17.2. The predicted octanol–water partition coefficient (Wildman–Crippen LogP) is 2.19. The fourth-order valence-corrected chi connectivity index (χ4v) is 3.75. The largest absolute Gasteiger partial charge is 0.351 e. The lowest BCUT2D eigenvalue weighted by Gasteiger charge is -2.03. The van der Waals surface area contributed by atoms with Crippen LogP contribution in [0.5, 0.6) is 0 Å². The van der Waals surface area contributed by atoms with Crippen LogP contribution in [0.2, 0.25) is 0 Å². The van der Waals surface area contributed by atoms with Crippen molar-refractivity contribution < 1.29 is 19.2 Å². The van der Waals surface area contributed by atoms with Crippen molar-refractivity contribution in [2.24, 2.45) is 21.1 Å². The number of amides is 5. The van der Waals surface area contributed by atoms with E-state index in [0.29, 0.717) is 40.7 Å². The minimum atomic E-state index is -0.386. The van der Waals surface area contributed by atoms with Gasteiger partial charge in [-0.3, -0.25) is 14.4 Å². The second kappa shape index (κ2) is 10.0. The first kappa shape index (κ1) is 24.6. The highest BCUT2D eigenvalue weighted by Gasteiger charge is 2.25. The van der Waals surface area contributed by atoms with E-state index in [4.69, 9.17) is 0 Å². The highest BCUT2D eigenvalue weighted by atomic mass is 16.2. The monoisotopic (exact) mass is 494 g/mol. The zero-order chi connectivity index (χ0) is 26.0. The number of carbonyl (C=O) groups is 4. The Morgan fingerprint density at radius 1 is 0.694 bits per heavy atom. The molecule has 0 bridgehead atoms. The molecular weight excluding hydrogens is 464 g/mol. The van der Waals surface area contributed by atoms with E-state index in [1.165, 1.54) is 0 Å². The summed E-state index contributed by atoms with van der Waals surface area (Å²) in [6.45, 7) is 4.00. The van der Waals surface area contributed by atoms with E-state index >= 15 is 0 Å². The molecular formula is C24H30N8O4. The number of aromatic nitrogens is 3. The maximum absolute atomic E-state index is 12.9. The molecule has 12 heteroatoms. The van der Waals surface area contributed by atoms with Crippen LogP contribution in [0, 0.1) is 0 Å². The van der Waals surface area contributed by atoms with Crippen molar-refractivity contribution in [3.63, 3.8) is 0 Å². The zero-order valence-electron chi connectivity index (χ0n) is 20.7. The van der Waals surface area contributed by atoms with Crippen LogP contribution in [0.15, 0.2) is 36.8 Å². The molecule has 0 aliphatic carbocycles. The molecule has 5 amide bonds. The summed E-state index contributed by atoms with van der Waals surface area (Å²) < 4.78 is 4.87. The molecule has 190 valence electrons. The fourth-order valence-electron chi connectivity index (χ4n) is 3.75. The number of carbonyl (C=O) groups excluding carboxylic acids is 4. The standard InChI is InChI=1S/C24H30N8O4/c1-5-6-25-21(33)18-9-15(12-29(18)2)26-22(34)19-10-16(13-30(19)3)27-23(35)20-11-17(14-31(20)4)28-24(36)32-7-8-32/h9-14H,5-8H2,1-4H3,(H,25,33)(H,26,34)(H,27,35)(H,28,36). The number of nitrogens with zero attached hydrogens (tertiary/aromatic N) is 4. The molecule has 3 aromatic rings. The van der Waals surface area contributed by atoms with Crippen molar-refractivity contribution in [3.05, 3.63) is 53.9 Å². The van der Waals surface area contributed by atoms with Gasteiger partial charge >= 0.3 is 6.03 Å². The summed E-state index contributed by atoms with van der Waals surface area (Å²) in [6.07, 6.45) is 5.79. The van der Waals surface area contributed by atoms with Crippen LogP contribution in [0.1, 0.15) is 44.8 Å². The van der Waals surface area contributed by atoms with Crippen molar-refractivity contribution in [1.82, 2.24) is 23.9 Å². The Labute approximate surface area is 208 Å². The van der Waals surface area contributed by atoms with Gasteiger partial charge in [0.05, 0.1) is 17.1 Å². The zero-order valence-corrected chi connectivity index (χ0v) is 20.7. The van der Waals surface area contributed by atoms with E-state index in [9.17, 15) is 19.2 Å². The van der Waals surface area contributed by atoms with Gasteiger partial charge in [0.25, 0.3) is 17.7 Å². The average molecular weight is 495 g/mol. The molecule has 0 unspecified atom stereocenters. The van der Waals surface area contributed by atoms with Crippen LogP contribution in [0.4, 0.5) is 21.9 Å². The molecule has 0 saturated carbocycles. The van der Waals surface area contributed by atoms with Crippen LogP contribution in [-0.4, -0.2) is 62.0 Å². The lowest BCUT2D eigenvalue weighted by molar-refractivity contribution is 0.0943. The van der Waals surface area contributed by atoms with Crippen molar-refractivity contribution in [2.75, 3.05) is 35.6 Å². The number of aryl methyl sites for hydroxylation is 3. The summed E-state index contributed by atoms with van der Waals surface area (Å²) in [7, 11) is 5.14. The molecule has 1 fully saturated rings. The molecule has 4 heterocycles. The van der Waals surface area contributed by atoms with Gasteiger partial charge in [0, 0.05) is 59.4 Å². The molecule has 1 aliphatic heterocycles. The topological polar surface area (TPSA) is 134 Å². The normalized spacial score (nSPS) is 12.3. The molecule has 0 spiro atoms. The van der Waals surface area contributed by atoms with E-state index in [0.717, 1.165) is 19.5 Å². The maximum Gasteiger partial charge on any atom is 0.322 e. The van der Waals surface area contributed by atoms with E-state index in [1.807, 2.05) is 6.92 Å². The van der Waals surface area contributed by atoms with Crippen LogP contribution in [0.25, 0.3) is 0 Å². The number of hydrogen-bond donors (Lipinski definition) is 4. The van der Waals surface area contributed by atoms with Gasteiger partial charge in [-0.1, -0.05) is 6.92 Å². The molecule has 0 atom stereocenters. The fraction of sp³-hybridized carbons (Fsp3) is 0.333. The van der Waals surface area contributed by atoms with Crippen molar-refractivity contribution in [2.45, 2.75) is 13.3 Å². The molecule has 12 nitrogen and oxygen atoms in total. The Balaban J connectivity index is 1.41. The Hall–Kier alpha value is -4.48. The van der Waals surface area contributed by atoms with Gasteiger partial charge in [0.1, 0.15) is 17.1 Å². The Bertz CT molecular complexity index is 1330. The first-order valence-corrected chi connectivity index (χ1v) is 11.6. The van der Waals surface area contributed by atoms with Crippen LogP contribution in [0.3, 0.4) is 0 Å². The van der Waals surface area contributed by atoms with Gasteiger partial charge in [0.2, 0.25) is 0 Å². The Morgan fingerprint density at radius 2 is 1.11 bits per heavy atom. The third-order valence-corrected chi connectivity index (χ3v) is 5.75. The maximum atomic E-state index is 12.9. The average Bonchev–Trinajstić information content (AvgIpc) is 3.40. The van der Waals surface area contributed by atoms with Gasteiger partial charge in [0.15, 0.2) is 0 Å². The van der Waals surface area contributed by atoms with Gasteiger partial charge < -0.3 is 39.9 Å². The number of rotatable bonds is 8. The highest BCUT2D eigenvalue weighted by Crippen LogP contribution is 2.20. The third kappa shape index (κ3) is 5.43. The molecule has 4 N–H and O–H groups in total. The smallest absolute Gasteiger partial charge is 0.322 e. The summed E-state index contributed by atoms with van der Waals surface area (Å²) in [4.78, 5) is 51.6. The minimum Gasteiger partial charge on any atom is -0.351 e.